The van der Waals surface area contributed by atoms with E-state index in [2.05, 4.69) is 15.0 Å². The van der Waals surface area contributed by atoms with Gasteiger partial charge in [-0.2, -0.15) is 0 Å². The van der Waals surface area contributed by atoms with Crippen molar-refractivity contribution in [2.24, 2.45) is 0 Å². The van der Waals surface area contributed by atoms with Gasteiger partial charge in [0.15, 0.2) is 0 Å². The molecule has 7 heteroatoms. The third-order valence-corrected chi connectivity index (χ3v) is 3.92. The van der Waals surface area contributed by atoms with Crippen LogP contribution < -0.4 is 10.9 Å². The molecule has 0 spiro atoms. The maximum Gasteiger partial charge on any atom is 0.337 e. The van der Waals surface area contributed by atoms with Crippen LogP contribution in [0.3, 0.4) is 0 Å². The quantitative estimate of drug-likeness (QED) is 0.704. The van der Waals surface area contributed by atoms with E-state index >= 15 is 0 Å². The average molecular weight is 351 g/mol. The highest BCUT2D eigenvalue weighted by Gasteiger charge is 2.09. The van der Waals surface area contributed by atoms with Crippen molar-refractivity contribution in [2.45, 2.75) is 13.1 Å². The van der Waals surface area contributed by atoms with Crippen molar-refractivity contribution in [2.75, 3.05) is 7.11 Å². The summed E-state index contributed by atoms with van der Waals surface area (Å²) in [6, 6.07) is 13.9. The number of ether oxygens (including phenoxy) is 1. The van der Waals surface area contributed by atoms with E-state index in [4.69, 9.17) is 0 Å². The fourth-order valence-electron chi connectivity index (χ4n) is 2.55. The number of rotatable bonds is 5. The average Bonchev–Trinajstić information content (AvgIpc) is 2.68. The van der Waals surface area contributed by atoms with Gasteiger partial charge < -0.3 is 10.1 Å². The predicted molar refractivity (Wildman–Crippen MR) is 95.6 cm³/mol. The summed E-state index contributed by atoms with van der Waals surface area (Å²) in [5.74, 6) is -0.704. The first-order valence-corrected chi connectivity index (χ1v) is 7.97. The summed E-state index contributed by atoms with van der Waals surface area (Å²) in [6.45, 7) is 0.195. The Hall–Kier alpha value is -3.48. The minimum absolute atomic E-state index is 0.0951. The highest BCUT2D eigenvalue weighted by molar-refractivity contribution is 5.89. The molecule has 1 aromatic heterocycles. The van der Waals surface area contributed by atoms with Crippen LogP contribution in [0, 0.1) is 0 Å². The zero-order valence-electron chi connectivity index (χ0n) is 14.1. The SMILES string of the molecule is COC(=O)c1ccc(CNC(=O)Cn2c(=O)cnc3ccccc32)cc1. The van der Waals surface area contributed by atoms with E-state index in [0.29, 0.717) is 16.6 Å². The van der Waals surface area contributed by atoms with Crippen LogP contribution in [0.4, 0.5) is 0 Å². The van der Waals surface area contributed by atoms with Crippen LogP contribution in [0.5, 0.6) is 0 Å². The first-order chi connectivity index (χ1) is 12.6. The number of hydrogen-bond donors (Lipinski definition) is 1. The molecule has 0 saturated carbocycles. The number of amides is 1. The molecule has 3 rings (SSSR count). The molecule has 26 heavy (non-hydrogen) atoms. The van der Waals surface area contributed by atoms with Gasteiger partial charge in [-0.25, -0.2) is 9.78 Å². The van der Waals surface area contributed by atoms with E-state index in [9.17, 15) is 14.4 Å². The van der Waals surface area contributed by atoms with E-state index in [1.54, 1.807) is 42.5 Å². The Morgan fingerprint density at radius 1 is 1.12 bits per heavy atom. The molecule has 0 atom stereocenters. The third-order valence-electron chi connectivity index (χ3n) is 3.92. The summed E-state index contributed by atoms with van der Waals surface area (Å²) < 4.78 is 6.03. The molecule has 0 unspecified atom stereocenters. The molecule has 1 heterocycles. The van der Waals surface area contributed by atoms with Gasteiger partial charge in [-0.15, -0.1) is 0 Å². The minimum Gasteiger partial charge on any atom is -0.465 e. The maximum absolute atomic E-state index is 12.2. The third kappa shape index (κ3) is 3.77. The highest BCUT2D eigenvalue weighted by Crippen LogP contribution is 2.08. The Bertz CT molecular complexity index is 1010. The number of fused-ring (bicyclic) bond motifs is 1. The fraction of sp³-hybridized carbons (Fsp3) is 0.158. The Labute approximate surface area is 149 Å². The van der Waals surface area contributed by atoms with Gasteiger partial charge in [0, 0.05) is 6.54 Å². The normalized spacial score (nSPS) is 10.5. The largest absolute Gasteiger partial charge is 0.465 e. The Kier molecular flexibility index (Phi) is 5.07. The van der Waals surface area contributed by atoms with Crippen LogP contribution in [0.1, 0.15) is 15.9 Å². The van der Waals surface area contributed by atoms with E-state index in [1.807, 2.05) is 6.07 Å². The van der Waals surface area contributed by atoms with Gasteiger partial charge in [-0.1, -0.05) is 24.3 Å². The summed E-state index contributed by atoms with van der Waals surface area (Å²) >= 11 is 0. The van der Waals surface area contributed by atoms with Crippen LogP contribution in [-0.4, -0.2) is 28.5 Å². The molecule has 1 amide bonds. The van der Waals surface area contributed by atoms with Gasteiger partial charge in [0.25, 0.3) is 5.56 Å². The molecule has 3 aromatic rings. The number of nitrogens with zero attached hydrogens (tertiary/aromatic N) is 2. The van der Waals surface area contributed by atoms with Crippen molar-refractivity contribution >= 4 is 22.9 Å². The molecule has 1 N–H and O–H groups in total. The molecule has 0 aliphatic carbocycles. The second kappa shape index (κ2) is 7.60. The lowest BCUT2D eigenvalue weighted by atomic mass is 10.1. The number of hydrogen-bond acceptors (Lipinski definition) is 5. The minimum atomic E-state index is -0.412. The standard InChI is InChI=1S/C19H17N3O4/c1-26-19(25)14-8-6-13(7-9-14)10-21-17(23)12-22-16-5-3-2-4-15(16)20-11-18(22)24/h2-9,11H,10,12H2,1H3,(H,21,23). The number of methoxy groups -OCH3 is 1. The van der Waals surface area contributed by atoms with Crippen molar-refractivity contribution in [1.82, 2.24) is 14.9 Å². The van der Waals surface area contributed by atoms with Crippen LogP contribution in [0.25, 0.3) is 11.0 Å². The zero-order valence-corrected chi connectivity index (χ0v) is 14.1. The number of nitrogens with one attached hydrogen (secondary N) is 1. The molecular weight excluding hydrogens is 334 g/mol. The highest BCUT2D eigenvalue weighted by atomic mass is 16.5. The monoisotopic (exact) mass is 351 g/mol. The van der Waals surface area contributed by atoms with Gasteiger partial charge in [0.05, 0.1) is 29.9 Å². The summed E-state index contributed by atoms with van der Waals surface area (Å²) in [5, 5.41) is 2.77. The molecular formula is C19H17N3O4. The van der Waals surface area contributed by atoms with Gasteiger partial charge in [-0.3, -0.25) is 14.2 Å². The Morgan fingerprint density at radius 3 is 2.58 bits per heavy atom. The lowest BCUT2D eigenvalue weighted by Crippen LogP contribution is -2.32. The van der Waals surface area contributed by atoms with Crippen molar-refractivity contribution in [1.29, 1.82) is 0 Å². The van der Waals surface area contributed by atoms with Gasteiger partial charge in [0.2, 0.25) is 5.91 Å². The summed E-state index contributed by atoms with van der Waals surface area (Å²) in [4.78, 5) is 39.8. The van der Waals surface area contributed by atoms with Crippen LogP contribution in [0.15, 0.2) is 59.5 Å². The molecule has 0 aliphatic rings. The first-order valence-electron chi connectivity index (χ1n) is 7.97. The van der Waals surface area contributed by atoms with E-state index < -0.39 is 5.97 Å². The van der Waals surface area contributed by atoms with Gasteiger partial charge in [0.1, 0.15) is 6.54 Å². The number of para-hydroxylation sites is 2. The Balaban J connectivity index is 1.67. The molecule has 0 fully saturated rings. The van der Waals surface area contributed by atoms with Crippen LogP contribution >= 0.6 is 0 Å². The van der Waals surface area contributed by atoms with Crippen molar-refractivity contribution in [3.05, 3.63) is 76.2 Å². The van der Waals surface area contributed by atoms with E-state index in [0.717, 1.165) is 5.56 Å². The number of aromatic nitrogens is 2. The second-order valence-electron chi connectivity index (χ2n) is 5.64. The molecule has 132 valence electrons. The molecule has 0 aliphatic heterocycles. The lowest BCUT2D eigenvalue weighted by Gasteiger charge is -2.10. The van der Waals surface area contributed by atoms with Crippen molar-refractivity contribution in [3.8, 4) is 0 Å². The summed E-state index contributed by atoms with van der Waals surface area (Å²) in [5.41, 5.74) is 2.20. The smallest absolute Gasteiger partial charge is 0.337 e. The van der Waals surface area contributed by atoms with Gasteiger partial charge >= 0.3 is 5.97 Å². The fourth-order valence-corrected chi connectivity index (χ4v) is 2.55. The first kappa shape index (κ1) is 17.3. The summed E-state index contributed by atoms with van der Waals surface area (Å²) in [6.07, 6.45) is 1.21. The summed E-state index contributed by atoms with van der Waals surface area (Å²) in [7, 11) is 1.32. The van der Waals surface area contributed by atoms with Gasteiger partial charge in [-0.05, 0) is 29.8 Å². The molecule has 0 radical (unpaired) electrons. The van der Waals surface area contributed by atoms with Crippen molar-refractivity contribution in [3.63, 3.8) is 0 Å². The number of esters is 1. The Morgan fingerprint density at radius 2 is 1.85 bits per heavy atom. The number of carbonyl (C=O) groups excluding carboxylic acids is 2. The zero-order chi connectivity index (χ0) is 18.5. The number of benzene rings is 2. The second-order valence-corrected chi connectivity index (χ2v) is 5.64. The van der Waals surface area contributed by atoms with Crippen molar-refractivity contribution < 1.29 is 14.3 Å². The molecule has 0 saturated heterocycles. The molecule has 2 aromatic carbocycles. The maximum atomic E-state index is 12.2. The lowest BCUT2D eigenvalue weighted by molar-refractivity contribution is -0.121. The molecule has 0 bridgehead atoms. The van der Waals surface area contributed by atoms with Crippen LogP contribution in [0.2, 0.25) is 0 Å². The van der Waals surface area contributed by atoms with Crippen LogP contribution in [-0.2, 0) is 22.6 Å². The number of carbonyl (C=O) groups is 2. The molecule has 7 nitrogen and oxygen atoms in total. The van der Waals surface area contributed by atoms with E-state index in [1.165, 1.54) is 17.9 Å². The topological polar surface area (TPSA) is 90.3 Å². The predicted octanol–water partition coefficient (Wildman–Crippen LogP) is 1.50. The van der Waals surface area contributed by atoms with E-state index in [-0.39, 0.29) is 24.6 Å².